The van der Waals surface area contributed by atoms with Gasteiger partial charge in [-0.25, -0.2) is 9.78 Å². The lowest BCUT2D eigenvalue weighted by Gasteiger charge is -2.22. The minimum Gasteiger partial charge on any atom is -0.494 e. The van der Waals surface area contributed by atoms with Crippen molar-refractivity contribution in [1.82, 2.24) is 4.98 Å². The number of aryl methyl sites for hydroxylation is 1. The Morgan fingerprint density at radius 3 is 2.67 bits per heavy atom. The lowest BCUT2D eigenvalue weighted by atomic mass is 9.98. The first-order valence-electron chi connectivity index (χ1n) is 11.3. The normalized spacial score (nSPS) is 14.7. The largest absolute Gasteiger partial charge is 0.494 e. The highest BCUT2D eigenvalue weighted by Crippen LogP contribution is 2.43. The number of rotatable bonds is 7. The molecule has 182 valence electrons. The highest BCUT2D eigenvalue weighted by atomic mass is 32.1. The molecule has 1 amide bonds. The fourth-order valence-corrected chi connectivity index (χ4v) is 5.21. The van der Waals surface area contributed by atoms with E-state index in [0.29, 0.717) is 34.6 Å². The summed E-state index contributed by atoms with van der Waals surface area (Å²) in [5, 5.41) is 0.641. The number of hydrogen-bond acceptors (Lipinski definition) is 8. The Kier molecular flexibility index (Phi) is 6.15. The molecule has 0 aliphatic carbocycles. The summed E-state index contributed by atoms with van der Waals surface area (Å²) in [6.45, 7) is 7.67. The summed E-state index contributed by atoms with van der Waals surface area (Å²) in [4.78, 5) is 46.1. The summed E-state index contributed by atoms with van der Waals surface area (Å²) in [5.74, 6) is -0.439. The highest BCUT2D eigenvalue weighted by molar-refractivity contribution is 7.17. The van der Waals surface area contributed by atoms with Gasteiger partial charge in [0.1, 0.15) is 22.8 Å². The molecule has 0 saturated heterocycles. The van der Waals surface area contributed by atoms with Gasteiger partial charge in [-0.3, -0.25) is 14.5 Å². The molecule has 36 heavy (non-hydrogen) atoms. The minimum absolute atomic E-state index is 0.0405. The lowest BCUT2D eigenvalue weighted by molar-refractivity contribution is 0.0554. The Morgan fingerprint density at radius 2 is 1.94 bits per heavy atom. The van der Waals surface area contributed by atoms with E-state index in [-0.39, 0.29) is 33.4 Å². The van der Waals surface area contributed by atoms with Crippen molar-refractivity contribution in [3.05, 3.63) is 98.9 Å². The van der Waals surface area contributed by atoms with Crippen molar-refractivity contribution in [3.8, 4) is 5.75 Å². The van der Waals surface area contributed by atoms with Crippen LogP contribution in [0, 0.1) is 6.92 Å². The smallest absolute Gasteiger partial charge is 0.350 e. The number of carbonyl (C=O) groups excluding carboxylic acids is 2. The Labute approximate surface area is 210 Å². The third-order valence-electron chi connectivity index (χ3n) is 5.79. The van der Waals surface area contributed by atoms with Gasteiger partial charge < -0.3 is 13.9 Å². The molecular weight excluding hydrogens is 480 g/mol. The van der Waals surface area contributed by atoms with Crippen molar-refractivity contribution in [3.63, 3.8) is 0 Å². The number of esters is 1. The van der Waals surface area contributed by atoms with Crippen molar-refractivity contribution in [2.45, 2.75) is 19.9 Å². The number of aromatic nitrogens is 1. The van der Waals surface area contributed by atoms with Crippen molar-refractivity contribution in [2.75, 3.05) is 18.1 Å². The second kappa shape index (κ2) is 9.43. The second-order valence-corrected chi connectivity index (χ2v) is 9.03. The van der Waals surface area contributed by atoms with Gasteiger partial charge in [-0.15, -0.1) is 0 Å². The molecule has 4 aromatic rings. The summed E-state index contributed by atoms with van der Waals surface area (Å²) < 4.78 is 16.7. The van der Waals surface area contributed by atoms with Crippen LogP contribution in [0.15, 0.2) is 70.4 Å². The van der Waals surface area contributed by atoms with Gasteiger partial charge >= 0.3 is 5.97 Å². The van der Waals surface area contributed by atoms with Gasteiger partial charge in [-0.1, -0.05) is 48.3 Å². The number of para-hydroxylation sites is 1. The molecular formula is C27H22N2O6S. The quantitative estimate of drug-likeness (QED) is 0.258. The Hall–Kier alpha value is -4.24. The first kappa shape index (κ1) is 23.5. The maximum absolute atomic E-state index is 13.7. The Balaban J connectivity index is 1.68. The number of carbonyl (C=O) groups is 2. The molecule has 0 unspecified atom stereocenters. The summed E-state index contributed by atoms with van der Waals surface area (Å²) in [6.07, 6.45) is 1.47. The average molecular weight is 503 g/mol. The predicted octanol–water partition coefficient (Wildman–Crippen LogP) is 5.05. The van der Waals surface area contributed by atoms with Crippen LogP contribution in [-0.4, -0.2) is 30.1 Å². The molecule has 0 fully saturated rings. The van der Waals surface area contributed by atoms with E-state index in [2.05, 4.69) is 11.6 Å². The number of fused-ring (bicyclic) bond motifs is 2. The number of nitrogens with zero attached hydrogens (tertiary/aromatic N) is 2. The molecule has 0 bridgehead atoms. The van der Waals surface area contributed by atoms with Crippen molar-refractivity contribution in [1.29, 1.82) is 0 Å². The molecule has 0 spiro atoms. The van der Waals surface area contributed by atoms with Gasteiger partial charge in [-0.2, -0.15) is 0 Å². The van der Waals surface area contributed by atoms with Crippen LogP contribution in [-0.2, 0) is 4.74 Å². The third-order valence-corrected chi connectivity index (χ3v) is 6.93. The summed E-state index contributed by atoms with van der Waals surface area (Å²) in [5.41, 5.74) is 1.36. The Bertz CT molecular complexity index is 1550. The number of ether oxygens (including phenoxy) is 2. The molecule has 2 aromatic carbocycles. The predicted molar refractivity (Wildman–Crippen MR) is 136 cm³/mol. The first-order chi connectivity index (χ1) is 17.4. The van der Waals surface area contributed by atoms with Crippen LogP contribution in [0.25, 0.3) is 11.0 Å². The van der Waals surface area contributed by atoms with Crippen molar-refractivity contribution >= 4 is 39.3 Å². The van der Waals surface area contributed by atoms with E-state index in [1.54, 1.807) is 55.5 Å². The maximum atomic E-state index is 13.7. The average Bonchev–Trinajstić information content (AvgIpc) is 3.41. The maximum Gasteiger partial charge on any atom is 0.350 e. The Morgan fingerprint density at radius 1 is 1.19 bits per heavy atom. The molecule has 5 rings (SSSR count). The van der Waals surface area contributed by atoms with Crippen LogP contribution in [0.2, 0.25) is 0 Å². The molecule has 2 aromatic heterocycles. The third kappa shape index (κ3) is 3.87. The number of anilines is 1. The molecule has 1 aliphatic heterocycles. The van der Waals surface area contributed by atoms with Crippen molar-refractivity contribution < 1.29 is 23.5 Å². The zero-order chi connectivity index (χ0) is 25.4. The number of benzene rings is 2. The first-order valence-corrected chi connectivity index (χ1v) is 12.1. The minimum atomic E-state index is -0.799. The van der Waals surface area contributed by atoms with Gasteiger partial charge in [0.25, 0.3) is 5.91 Å². The molecule has 9 heteroatoms. The van der Waals surface area contributed by atoms with Gasteiger partial charge in [-0.05, 0) is 43.7 Å². The monoisotopic (exact) mass is 502 g/mol. The fourth-order valence-electron chi connectivity index (χ4n) is 4.22. The van der Waals surface area contributed by atoms with E-state index < -0.39 is 17.9 Å². The summed E-state index contributed by atoms with van der Waals surface area (Å²) >= 11 is 1.03. The molecule has 0 saturated carbocycles. The van der Waals surface area contributed by atoms with Crippen LogP contribution in [0.3, 0.4) is 0 Å². The molecule has 3 heterocycles. The van der Waals surface area contributed by atoms with Gasteiger partial charge in [0.05, 0.1) is 29.3 Å². The standard InChI is InChI=1S/C27H22N2O6S/c1-4-14-34-26(32)24-15(3)28-27(36-24)29-21(16-10-12-17(13-11-16)33-5-2)20-22(30)18-8-6-7-9-19(18)35-23(20)25(29)31/h4,6-13,21H,1,5,14H2,2-3H3/t21-/m1/s1. The van der Waals surface area contributed by atoms with Gasteiger partial charge in [0.2, 0.25) is 5.76 Å². The highest BCUT2D eigenvalue weighted by Gasteiger charge is 2.45. The summed E-state index contributed by atoms with van der Waals surface area (Å²) in [6, 6.07) is 13.2. The zero-order valence-electron chi connectivity index (χ0n) is 19.6. The van der Waals surface area contributed by atoms with E-state index in [1.165, 1.54) is 11.0 Å². The summed E-state index contributed by atoms with van der Waals surface area (Å²) in [7, 11) is 0. The zero-order valence-corrected chi connectivity index (χ0v) is 20.5. The molecule has 1 aliphatic rings. The number of thiazole rings is 1. The van der Waals surface area contributed by atoms with E-state index in [0.717, 1.165) is 11.3 Å². The molecule has 0 N–H and O–H groups in total. The fraction of sp³-hybridized carbons (Fsp3) is 0.185. The van der Waals surface area contributed by atoms with Crippen LogP contribution in [0.1, 0.15) is 50.0 Å². The van der Waals surface area contributed by atoms with E-state index >= 15 is 0 Å². The van der Waals surface area contributed by atoms with E-state index in [9.17, 15) is 14.4 Å². The SMILES string of the molecule is C=CCOC(=O)c1sc(N2C(=O)c3oc4ccccc4c(=O)c3[C@H]2c2ccc(OCC)cc2)nc1C. The van der Waals surface area contributed by atoms with Crippen LogP contribution >= 0.6 is 11.3 Å². The lowest BCUT2D eigenvalue weighted by Crippen LogP contribution is -2.29. The molecule has 1 atom stereocenters. The van der Waals surface area contributed by atoms with E-state index in [1.807, 2.05) is 6.92 Å². The van der Waals surface area contributed by atoms with Gasteiger partial charge in [0.15, 0.2) is 10.6 Å². The molecule has 8 nitrogen and oxygen atoms in total. The molecule has 0 radical (unpaired) electrons. The van der Waals surface area contributed by atoms with E-state index in [4.69, 9.17) is 13.9 Å². The van der Waals surface area contributed by atoms with Gasteiger partial charge in [0, 0.05) is 0 Å². The second-order valence-electron chi connectivity index (χ2n) is 8.05. The van der Waals surface area contributed by atoms with Crippen molar-refractivity contribution in [2.24, 2.45) is 0 Å². The van der Waals surface area contributed by atoms with Crippen LogP contribution < -0.4 is 15.1 Å². The number of amides is 1. The topological polar surface area (TPSA) is 98.9 Å². The van der Waals surface area contributed by atoms with Crippen LogP contribution in [0.4, 0.5) is 5.13 Å². The van der Waals surface area contributed by atoms with Crippen LogP contribution in [0.5, 0.6) is 5.75 Å². The number of hydrogen-bond donors (Lipinski definition) is 0.